The van der Waals surface area contributed by atoms with Gasteiger partial charge in [0.1, 0.15) is 0 Å². The first-order chi connectivity index (χ1) is 12.8. The topological polar surface area (TPSA) is 49.6 Å². The van der Waals surface area contributed by atoms with E-state index in [4.69, 9.17) is 9.97 Å². The first-order valence-electron chi connectivity index (χ1n) is 8.34. The maximum Gasteiger partial charge on any atom is 0.160 e. The molecule has 1 heterocycles. The minimum atomic E-state index is 0.614. The number of aromatic nitrogens is 2. The third kappa shape index (κ3) is 3.22. The van der Waals surface area contributed by atoms with Crippen LogP contribution in [0.4, 0.5) is 0 Å². The largest absolute Gasteiger partial charge is 0.228 e. The molecule has 4 aromatic rings. The summed E-state index contributed by atoms with van der Waals surface area (Å²) in [5.74, 6) is 0.671. The van der Waals surface area contributed by atoms with Gasteiger partial charge in [-0.2, -0.15) is 5.26 Å². The molecule has 3 aromatic carbocycles. The van der Waals surface area contributed by atoms with E-state index in [1.807, 2.05) is 84.9 Å². The second kappa shape index (κ2) is 7.00. The molecule has 0 bridgehead atoms. The number of nitrogens with zero attached hydrogens (tertiary/aromatic N) is 3. The van der Waals surface area contributed by atoms with E-state index in [1.54, 1.807) is 6.07 Å². The molecular formula is C23H15N3. The Kier molecular flexibility index (Phi) is 4.24. The molecule has 0 aliphatic carbocycles. The SMILES string of the molecule is N#Cc1cccc(-c2cc(-c3ccccc3)nc(-c3ccccc3)n2)c1. The van der Waals surface area contributed by atoms with Crippen LogP contribution in [0.1, 0.15) is 5.56 Å². The normalized spacial score (nSPS) is 10.3. The lowest BCUT2D eigenvalue weighted by Gasteiger charge is -2.09. The summed E-state index contributed by atoms with van der Waals surface area (Å²) in [5.41, 5.74) is 5.17. The molecule has 0 saturated carbocycles. The van der Waals surface area contributed by atoms with Gasteiger partial charge in [-0.1, -0.05) is 72.8 Å². The lowest BCUT2D eigenvalue weighted by atomic mass is 10.0. The summed E-state index contributed by atoms with van der Waals surface area (Å²) in [6.07, 6.45) is 0. The molecule has 0 unspecified atom stereocenters. The number of hydrogen-bond donors (Lipinski definition) is 0. The molecule has 1 aromatic heterocycles. The summed E-state index contributed by atoms with van der Waals surface area (Å²) in [6.45, 7) is 0. The zero-order valence-electron chi connectivity index (χ0n) is 14.0. The summed E-state index contributed by atoms with van der Waals surface area (Å²) in [5, 5.41) is 9.19. The smallest absolute Gasteiger partial charge is 0.160 e. The van der Waals surface area contributed by atoms with E-state index < -0.39 is 0 Å². The highest BCUT2D eigenvalue weighted by Gasteiger charge is 2.10. The molecule has 0 fully saturated rings. The predicted octanol–water partition coefficient (Wildman–Crippen LogP) is 5.35. The summed E-state index contributed by atoms with van der Waals surface area (Å²) < 4.78 is 0. The molecule has 0 aliphatic rings. The fraction of sp³-hybridized carbons (Fsp3) is 0. The van der Waals surface area contributed by atoms with Gasteiger partial charge in [0.2, 0.25) is 0 Å². The monoisotopic (exact) mass is 333 g/mol. The molecule has 0 amide bonds. The van der Waals surface area contributed by atoms with Crippen molar-refractivity contribution in [1.29, 1.82) is 5.26 Å². The van der Waals surface area contributed by atoms with Crippen LogP contribution in [-0.2, 0) is 0 Å². The molecule has 122 valence electrons. The van der Waals surface area contributed by atoms with Gasteiger partial charge in [0.05, 0.1) is 23.0 Å². The summed E-state index contributed by atoms with van der Waals surface area (Å²) in [6, 6.07) is 31.6. The standard InChI is InChI=1S/C23H15N3/c24-16-17-8-7-13-20(14-17)22-15-21(18-9-3-1-4-10-18)25-23(26-22)19-11-5-2-6-12-19/h1-15H. The lowest BCUT2D eigenvalue weighted by molar-refractivity contribution is 1.18. The first-order valence-corrected chi connectivity index (χ1v) is 8.34. The molecule has 3 heteroatoms. The van der Waals surface area contributed by atoms with E-state index in [0.717, 1.165) is 28.1 Å². The molecule has 0 atom stereocenters. The first kappa shape index (κ1) is 15.7. The number of benzene rings is 3. The molecule has 4 rings (SSSR count). The Morgan fingerprint density at radius 1 is 0.577 bits per heavy atom. The average Bonchev–Trinajstić information content (AvgIpc) is 2.75. The van der Waals surface area contributed by atoms with Gasteiger partial charge >= 0.3 is 0 Å². The Morgan fingerprint density at radius 2 is 1.15 bits per heavy atom. The van der Waals surface area contributed by atoms with Gasteiger partial charge in [0, 0.05) is 16.7 Å². The van der Waals surface area contributed by atoms with Crippen molar-refractivity contribution >= 4 is 0 Å². The Labute approximate surface area is 152 Å². The van der Waals surface area contributed by atoms with Crippen molar-refractivity contribution in [3.8, 4) is 40.0 Å². The van der Waals surface area contributed by atoms with Crippen molar-refractivity contribution in [2.45, 2.75) is 0 Å². The van der Waals surface area contributed by atoms with E-state index in [9.17, 15) is 5.26 Å². The fourth-order valence-corrected chi connectivity index (χ4v) is 2.82. The van der Waals surface area contributed by atoms with Gasteiger partial charge in [0.25, 0.3) is 0 Å². The Morgan fingerprint density at radius 3 is 1.81 bits per heavy atom. The van der Waals surface area contributed by atoms with Crippen molar-refractivity contribution in [3.63, 3.8) is 0 Å². The molecule has 0 N–H and O–H groups in total. The van der Waals surface area contributed by atoms with Crippen LogP contribution in [0.3, 0.4) is 0 Å². The van der Waals surface area contributed by atoms with E-state index >= 15 is 0 Å². The van der Waals surface area contributed by atoms with Crippen LogP contribution >= 0.6 is 0 Å². The van der Waals surface area contributed by atoms with E-state index in [0.29, 0.717) is 11.4 Å². The molecule has 0 saturated heterocycles. The zero-order chi connectivity index (χ0) is 17.8. The molecular weight excluding hydrogens is 318 g/mol. The van der Waals surface area contributed by atoms with E-state index in [2.05, 4.69) is 6.07 Å². The zero-order valence-corrected chi connectivity index (χ0v) is 14.0. The van der Waals surface area contributed by atoms with Crippen LogP contribution in [0, 0.1) is 11.3 Å². The quantitative estimate of drug-likeness (QED) is 0.508. The molecule has 0 radical (unpaired) electrons. The minimum absolute atomic E-state index is 0.614. The van der Waals surface area contributed by atoms with Crippen LogP contribution in [0.2, 0.25) is 0 Å². The third-order valence-corrected chi connectivity index (χ3v) is 4.12. The van der Waals surface area contributed by atoms with Gasteiger partial charge < -0.3 is 0 Å². The van der Waals surface area contributed by atoms with Gasteiger partial charge in [0.15, 0.2) is 5.82 Å². The van der Waals surface area contributed by atoms with E-state index in [1.165, 1.54) is 0 Å². The molecule has 0 aliphatic heterocycles. The van der Waals surface area contributed by atoms with Gasteiger partial charge in [-0.3, -0.25) is 0 Å². The van der Waals surface area contributed by atoms with Crippen LogP contribution < -0.4 is 0 Å². The molecule has 3 nitrogen and oxygen atoms in total. The third-order valence-electron chi connectivity index (χ3n) is 4.12. The second-order valence-corrected chi connectivity index (χ2v) is 5.89. The van der Waals surface area contributed by atoms with Crippen molar-refractivity contribution in [3.05, 3.63) is 96.6 Å². The Hall–Kier alpha value is -3.77. The summed E-state index contributed by atoms with van der Waals surface area (Å²) >= 11 is 0. The maximum absolute atomic E-state index is 9.19. The maximum atomic E-state index is 9.19. The predicted molar refractivity (Wildman–Crippen MR) is 103 cm³/mol. The highest BCUT2D eigenvalue weighted by molar-refractivity contribution is 5.72. The number of rotatable bonds is 3. The number of hydrogen-bond acceptors (Lipinski definition) is 3. The molecule has 0 spiro atoms. The van der Waals surface area contributed by atoms with Crippen molar-refractivity contribution < 1.29 is 0 Å². The van der Waals surface area contributed by atoms with Gasteiger partial charge in [-0.25, -0.2) is 9.97 Å². The van der Waals surface area contributed by atoms with Gasteiger partial charge in [-0.05, 0) is 18.2 Å². The lowest BCUT2D eigenvalue weighted by Crippen LogP contribution is -1.96. The molecule has 26 heavy (non-hydrogen) atoms. The Bertz CT molecular complexity index is 1020. The number of nitriles is 1. The average molecular weight is 333 g/mol. The Balaban J connectivity index is 1.92. The van der Waals surface area contributed by atoms with Crippen molar-refractivity contribution in [1.82, 2.24) is 9.97 Å². The van der Waals surface area contributed by atoms with E-state index in [-0.39, 0.29) is 0 Å². The highest BCUT2D eigenvalue weighted by atomic mass is 14.9. The highest BCUT2D eigenvalue weighted by Crippen LogP contribution is 2.27. The summed E-state index contributed by atoms with van der Waals surface area (Å²) in [4.78, 5) is 9.52. The second-order valence-electron chi connectivity index (χ2n) is 5.89. The fourth-order valence-electron chi connectivity index (χ4n) is 2.82. The van der Waals surface area contributed by atoms with Gasteiger partial charge in [-0.15, -0.1) is 0 Å². The summed E-state index contributed by atoms with van der Waals surface area (Å²) in [7, 11) is 0. The van der Waals surface area contributed by atoms with Crippen LogP contribution in [0.15, 0.2) is 91.0 Å². The van der Waals surface area contributed by atoms with Crippen LogP contribution in [0.25, 0.3) is 33.9 Å². The van der Waals surface area contributed by atoms with Crippen LogP contribution in [-0.4, -0.2) is 9.97 Å². The van der Waals surface area contributed by atoms with Crippen LogP contribution in [0.5, 0.6) is 0 Å². The van der Waals surface area contributed by atoms with Crippen molar-refractivity contribution in [2.24, 2.45) is 0 Å². The minimum Gasteiger partial charge on any atom is -0.228 e. The van der Waals surface area contributed by atoms with Crippen molar-refractivity contribution in [2.75, 3.05) is 0 Å².